The molecule has 2 aromatic carbocycles. The van der Waals surface area contributed by atoms with E-state index in [-0.39, 0.29) is 24.6 Å². The summed E-state index contributed by atoms with van der Waals surface area (Å²) in [6.07, 6.45) is 0.0959. The first-order valence-electron chi connectivity index (χ1n) is 6.82. The zero-order valence-corrected chi connectivity index (χ0v) is 11.7. The summed E-state index contributed by atoms with van der Waals surface area (Å²) in [5.41, 5.74) is 2.23. The first-order valence-corrected chi connectivity index (χ1v) is 6.82. The van der Waals surface area contributed by atoms with Crippen LogP contribution in [-0.4, -0.2) is 15.3 Å². The largest absolute Gasteiger partial charge is 0.321 e. The van der Waals surface area contributed by atoms with E-state index in [1.807, 2.05) is 35.8 Å². The Kier molecular flexibility index (Phi) is 3.52. The summed E-state index contributed by atoms with van der Waals surface area (Å²) < 4.78 is 15.5. The molecule has 106 valence electrons. The Balaban J connectivity index is 1.84. The number of hydrogen-bond donors (Lipinski definition) is 0. The molecule has 1 aromatic heterocycles. The van der Waals surface area contributed by atoms with Crippen LogP contribution in [0.25, 0.3) is 11.0 Å². The van der Waals surface area contributed by atoms with Crippen molar-refractivity contribution in [1.29, 1.82) is 0 Å². The monoisotopic (exact) mass is 282 g/mol. The summed E-state index contributed by atoms with van der Waals surface area (Å²) in [5, 5.41) is 0. The molecule has 4 heteroatoms. The van der Waals surface area contributed by atoms with Gasteiger partial charge in [0.25, 0.3) is 0 Å². The first-order chi connectivity index (χ1) is 10.1. The van der Waals surface area contributed by atoms with Gasteiger partial charge in [0, 0.05) is 6.42 Å². The van der Waals surface area contributed by atoms with Crippen LogP contribution < -0.4 is 0 Å². The van der Waals surface area contributed by atoms with Crippen LogP contribution in [-0.2, 0) is 17.8 Å². The normalized spacial score (nSPS) is 11.0. The maximum atomic E-state index is 13.6. The predicted octanol–water partition coefficient (Wildman–Crippen LogP) is 3.30. The van der Waals surface area contributed by atoms with Gasteiger partial charge in [-0.2, -0.15) is 0 Å². The molecule has 3 rings (SSSR count). The van der Waals surface area contributed by atoms with Gasteiger partial charge in [0.05, 0.1) is 17.6 Å². The van der Waals surface area contributed by atoms with Crippen LogP contribution in [0, 0.1) is 12.7 Å². The van der Waals surface area contributed by atoms with E-state index in [1.54, 1.807) is 18.2 Å². The number of halogens is 1. The molecular weight excluding hydrogens is 267 g/mol. The molecule has 21 heavy (non-hydrogen) atoms. The molecule has 0 atom stereocenters. The number of fused-ring (bicyclic) bond motifs is 1. The van der Waals surface area contributed by atoms with Crippen LogP contribution in [0.1, 0.15) is 11.4 Å². The first kappa shape index (κ1) is 13.5. The molecule has 0 radical (unpaired) electrons. The van der Waals surface area contributed by atoms with Gasteiger partial charge in [-0.25, -0.2) is 9.37 Å². The van der Waals surface area contributed by atoms with Gasteiger partial charge in [-0.3, -0.25) is 4.79 Å². The minimum atomic E-state index is -0.335. The Morgan fingerprint density at radius 1 is 1.14 bits per heavy atom. The number of Topliss-reactive ketones (excluding diaryl/α,β-unsaturated/α-hetero) is 1. The molecule has 0 saturated heterocycles. The number of ketones is 1. The highest BCUT2D eigenvalue weighted by molar-refractivity contribution is 5.83. The molecule has 1 heterocycles. The van der Waals surface area contributed by atoms with Crippen molar-refractivity contribution >= 4 is 16.8 Å². The van der Waals surface area contributed by atoms with E-state index in [0.29, 0.717) is 5.56 Å². The molecule has 0 aliphatic carbocycles. The zero-order chi connectivity index (χ0) is 14.8. The Bertz CT molecular complexity index is 807. The van der Waals surface area contributed by atoms with E-state index in [1.165, 1.54) is 6.07 Å². The summed E-state index contributed by atoms with van der Waals surface area (Å²) in [6.45, 7) is 2.08. The van der Waals surface area contributed by atoms with E-state index in [2.05, 4.69) is 4.98 Å². The van der Waals surface area contributed by atoms with Gasteiger partial charge < -0.3 is 4.57 Å². The highest BCUT2D eigenvalue weighted by Gasteiger charge is 2.12. The van der Waals surface area contributed by atoms with E-state index < -0.39 is 0 Å². The molecule has 0 spiro atoms. The lowest BCUT2D eigenvalue weighted by atomic mass is 10.1. The van der Waals surface area contributed by atoms with Crippen molar-refractivity contribution in [1.82, 2.24) is 9.55 Å². The Labute approximate surface area is 122 Å². The standard InChI is InChI=1S/C17H15FN2O/c1-12-19-16-8-4-5-9-17(16)20(12)11-14(21)10-13-6-2-3-7-15(13)18/h2-9H,10-11H2,1H3. The summed E-state index contributed by atoms with van der Waals surface area (Å²) in [7, 11) is 0. The molecule has 0 saturated carbocycles. The van der Waals surface area contributed by atoms with Crippen molar-refractivity contribution < 1.29 is 9.18 Å². The number of imidazole rings is 1. The highest BCUT2D eigenvalue weighted by atomic mass is 19.1. The molecule has 0 bridgehead atoms. The second kappa shape index (κ2) is 5.48. The number of carbonyl (C=O) groups excluding carboxylic acids is 1. The van der Waals surface area contributed by atoms with Gasteiger partial charge in [-0.05, 0) is 30.7 Å². The van der Waals surface area contributed by atoms with E-state index in [4.69, 9.17) is 0 Å². The quantitative estimate of drug-likeness (QED) is 0.736. The number of rotatable bonds is 4. The number of hydrogen-bond acceptors (Lipinski definition) is 2. The molecule has 3 nitrogen and oxygen atoms in total. The van der Waals surface area contributed by atoms with Gasteiger partial charge in [-0.15, -0.1) is 0 Å². The van der Waals surface area contributed by atoms with Gasteiger partial charge in [0.1, 0.15) is 11.6 Å². The molecule has 0 fully saturated rings. The van der Waals surface area contributed by atoms with Crippen molar-refractivity contribution in [2.75, 3.05) is 0 Å². The van der Waals surface area contributed by atoms with E-state index in [9.17, 15) is 9.18 Å². The molecule has 0 unspecified atom stereocenters. The maximum absolute atomic E-state index is 13.6. The zero-order valence-electron chi connectivity index (χ0n) is 11.7. The SMILES string of the molecule is Cc1nc2ccccc2n1CC(=O)Cc1ccccc1F. The third-order valence-electron chi connectivity index (χ3n) is 3.53. The van der Waals surface area contributed by atoms with Crippen molar-refractivity contribution in [2.24, 2.45) is 0 Å². The fourth-order valence-electron chi connectivity index (χ4n) is 2.48. The maximum Gasteiger partial charge on any atom is 0.157 e. The molecule has 0 aliphatic heterocycles. The lowest BCUT2D eigenvalue weighted by Crippen LogP contribution is -2.14. The van der Waals surface area contributed by atoms with Gasteiger partial charge in [-0.1, -0.05) is 30.3 Å². The van der Waals surface area contributed by atoms with Crippen LogP contribution in [0.5, 0.6) is 0 Å². The summed E-state index contributed by atoms with van der Waals surface area (Å²) in [4.78, 5) is 16.6. The van der Waals surface area contributed by atoms with Crippen LogP contribution >= 0.6 is 0 Å². The fraction of sp³-hybridized carbons (Fsp3) is 0.176. The Morgan fingerprint density at radius 3 is 2.67 bits per heavy atom. The third kappa shape index (κ3) is 2.70. The molecular formula is C17H15FN2O. The summed E-state index contributed by atoms with van der Waals surface area (Å²) in [5.74, 6) is 0.419. The van der Waals surface area contributed by atoms with Crippen molar-refractivity contribution in [3.05, 3.63) is 65.7 Å². The number of para-hydroxylation sites is 2. The number of benzene rings is 2. The minimum Gasteiger partial charge on any atom is -0.321 e. The highest BCUT2D eigenvalue weighted by Crippen LogP contribution is 2.16. The van der Waals surface area contributed by atoms with Crippen LogP contribution in [0.4, 0.5) is 4.39 Å². The smallest absolute Gasteiger partial charge is 0.157 e. The van der Waals surface area contributed by atoms with E-state index >= 15 is 0 Å². The van der Waals surface area contributed by atoms with Crippen LogP contribution in [0.2, 0.25) is 0 Å². The minimum absolute atomic E-state index is 0.0358. The lowest BCUT2D eigenvalue weighted by Gasteiger charge is -2.07. The summed E-state index contributed by atoms with van der Waals surface area (Å²) >= 11 is 0. The van der Waals surface area contributed by atoms with E-state index in [0.717, 1.165) is 16.9 Å². The Hall–Kier alpha value is -2.49. The fourth-order valence-corrected chi connectivity index (χ4v) is 2.48. The van der Waals surface area contributed by atoms with Crippen LogP contribution in [0.3, 0.4) is 0 Å². The summed E-state index contributed by atoms with van der Waals surface area (Å²) in [6, 6.07) is 14.1. The number of nitrogens with zero attached hydrogens (tertiary/aromatic N) is 2. The molecule has 0 N–H and O–H groups in total. The molecule has 0 aliphatic rings. The Morgan fingerprint density at radius 2 is 1.86 bits per heavy atom. The van der Waals surface area contributed by atoms with Crippen molar-refractivity contribution in [3.63, 3.8) is 0 Å². The van der Waals surface area contributed by atoms with Crippen molar-refractivity contribution in [3.8, 4) is 0 Å². The van der Waals surface area contributed by atoms with Crippen LogP contribution in [0.15, 0.2) is 48.5 Å². The molecule has 0 amide bonds. The predicted molar refractivity (Wildman–Crippen MR) is 79.6 cm³/mol. The average molecular weight is 282 g/mol. The van der Waals surface area contributed by atoms with Gasteiger partial charge in [0.2, 0.25) is 0 Å². The third-order valence-corrected chi connectivity index (χ3v) is 3.53. The van der Waals surface area contributed by atoms with Crippen molar-refractivity contribution in [2.45, 2.75) is 19.9 Å². The number of aromatic nitrogens is 2. The average Bonchev–Trinajstić information content (AvgIpc) is 2.78. The lowest BCUT2D eigenvalue weighted by molar-refractivity contribution is -0.119. The van der Waals surface area contributed by atoms with Gasteiger partial charge in [0.15, 0.2) is 5.78 Å². The second-order valence-electron chi connectivity index (χ2n) is 5.04. The van der Waals surface area contributed by atoms with Gasteiger partial charge >= 0.3 is 0 Å². The number of aryl methyl sites for hydroxylation is 1. The number of carbonyl (C=O) groups is 1. The molecule has 3 aromatic rings. The second-order valence-corrected chi connectivity index (χ2v) is 5.04. The topological polar surface area (TPSA) is 34.9 Å².